The van der Waals surface area contributed by atoms with E-state index in [1.54, 1.807) is 0 Å². The molecule has 73 heavy (non-hydrogen) atoms. The quantitative estimate of drug-likeness (QED) is 0.0968. The van der Waals surface area contributed by atoms with Crippen molar-refractivity contribution in [2.45, 2.75) is 106 Å². The Morgan fingerprint density at radius 3 is 2.23 bits per heavy atom. The van der Waals surface area contributed by atoms with Crippen LogP contribution in [0.4, 0.5) is 54.5 Å². The summed E-state index contributed by atoms with van der Waals surface area (Å²) in [6, 6.07) is 2.99. The number of nitrogens with two attached hydrogens (primary N) is 1. The standard InChI is InChI=1S/C45H42ClF10N9O6S2/c1-21-22(2)44(52,53)39-34(21)38(45(54,55)56)60-62(39)19-32(66)59-31(16-23-14-24(47)17-25(48)15-23)36-28(8-6-26(58-36)12-13-42(3,4)72(5,68)69)29-9-10-30(46)35-37(29)63(20-43(49,50)51)61-40(35)65-41(67)64-27(18-57)7-11-33(64)73(65,70)71/h6,8-10,14-15,17,21-22,27,31,33H,7,11,16,18-20,57H2,1-5H3,(H,59,66)/t21-,22+,27-,31-,33?/m0/s1. The fourth-order valence-corrected chi connectivity index (χ4v) is 11.7. The Balaban J connectivity index is 1.37. The fourth-order valence-electron chi connectivity index (χ4n) is 9.37. The molecule has 5 atom stereocenters. The van der Waals surface area contributed by atoms with Gasteiger partial charge in [-0.2, -0.15) is 49.6 Å². The SMILES string of the molecule is C[C@@H]1c2c(C(F)(F)F)nn(CC(=O)N[C@@H](Cc3cc(F)cc(F)c3)c3nc(C#CC(C)(C)S(C)(=O)=O)ccc3-c3ccc(Cl)c4c(N5C(=O)N6C(CC[C@H]6CN)S5(=O)=O)nn(CC(F)(F)F)c34)c2C(F)(F)[C@@H]1C. The summed E-state index contributed by atoms with van der Waals surface area (Å²) < 4.78 is 201. The molecule has 0 radical (unpaired) electrons. The molecule has 1 aliphatic carbocycles. The highest BCUT2D eigenvalue weighted by Gasteiger charge is 2.59. The number of aromatic nitrogens is 5. The molecule has 3 amide bonds. The summed E-state index contributed by atoms with van der Waals surface area (Å²) in [6.45, 7) is 1.23. The first-order chi connectivity index (χ1) is 33.7. The number of carbonyl (C=O) groups is 2. The number of nitrogens with one attached hydrogen (secondary N) is 1. The Hall–Kier alpha value is -5.98. The van der Waals surface area contributed by atoms with Crippen molar-refractivity contribution < 1.29 is 70.3 Å². The van der Waals surface area contributed by atoms with Gasteiger partial charge in [0.15, 0.2) is 26.7 Å². The molecule has 2 saturated heterocycles. The third kappa shape index (κ3) is 9.47. The minimum absolute atomic E-state index is 0.0758. The molecular formula is C45H42ClF10N9O6S2. The molecule has 2 aliphatic heterocycles. The van der Waals surface area contributed by atoms with Crippen LogP contribution in [0.5, 0.6) is 0 Å². The number of carbonyl (C=O) groups excluding carboxylic acids is 2. The van der Waals surface area contributed by atoms with Crippen molar-refractivity contribution in [3.63, 3.8) is 0 Å². The normalized spacial score (nSPS) is 21.1. The van der Waals surface area contributed by atoms with Gasteiger partial charge in [-0.3, -0.25) is 14.2 Å². The lowest BCUT2D eigenvalue weighted by atomic mass is 9.93. The smallest absolute Gasteiger partial charge is 0.346 e. The largest absolute Gasteiger partial charge is 0.435 e. The molecule has 0 saturated carbocycles. The van der Waals surface area contributed by atoms with Crippen LogP contribution in [0.2, 0.25) is 5.02 Å². The molecule has 8 rings (SSSR count). The highest BCUT2D eigenvalue weighted by molar-refractivity contribution is 7.94. The van der Waals surface area contributed by atoms with Gasteiger partial charge in [0.1, 0.15) is 40.9 Å². The number of anilines is 1. The van der Waals surface area contributed by atoms with Crippen molar-refractivity contribution in [3.8, 4) is 23.0 Å². The molecule has 392 valence electrons. The maximum Gasteiger partial charge on any atom is 0.435 e. The number of halogens is 11. The molecule has 0 bridgehead atoms. The zero-order valence-electron chi connectivity index (χ0n) is 38.8. The Morgan fingerprint density at radius 2 is 1.63 bits per heavy atom. The number of rotatable bonds is 11. The predicted molar refractivity (Wildman–Crippen MR) is 244 cm³/mol. The Morgan fingerprint density at radius 1 is 0.986 bits per heavy atom. The van der Waals surface area contributed by atoms with E-state index in [0.29, 0.717) is 10.7 Å². The van der Waals surface area contributed by atoms with Crippen LogP contribution in [0.15, 0.2) is 42.5 Å². The van der Waals surface area contributed by atoms with Crippen LogP contribution < -0.4 is 15.4 Å². The highest BCUT2D eigenvalue weighted by atomic mass is 35.5. The first-order valence-electron chi connectivity index (χ1n) is 22.0. The van der Waals surface area contributed by atoms with Crippen molar-refractivity contribution in [2.24, 2.45) is 11.7 Å². The summed E-state index contributed by atoms with van der Waals surface area (Å²) in [7, 11) is -8.65. The Labute approximate surface area is 415 Å². The van der Waals surface area contributed by atoms with E-state index >= 15 is 8.78 Å². The lowest BCUT2D eigenvalue weighted by Crippen LogP contribution is -2.41. The first-order valence-corrected chi connectivity index (χ1v) is 25.8. The van der Waals surface area contributed by atoms with Crippen LogP contribution >= 0.6 is 11.6 Å². The average Bonchev–Trinajstić information content (AvgIpc) is 4.04. The van der Waals surface area contributed by atoms with Crippen LogP contribution in [0.3, 0.4) is 0 Å². The molecule has 3 N–H and O–H groups in total. The van der Waals surface area contributed by atoms with Gasteiger partial charge in [-0.1, -0.05) is 37.4 Å². The summed E-state index contributed by atoms with van der Waals surface area (Å²) >= 11 is 6.70. The molecule has 3 aromatic heterocycles. The molecule has 5 aromatic rings. The number of hydrogen-bond donors (Lipinski definition) is 2. The molecule has 15 nitrogen and oxygen atoms in total. The van der Waals surface area contributed by atoms with Crippen molar-refractivity contribution >= 4 is 60.1 Å². The summed E-state index contributed by atoms with van der Waals surface area (Å²) in [6.07, 6.45) is -10.1. The van der Waals surface area contributed by atoms with E-state index < -0.39 is 160 Å². The van der Waals surface area contributed by atoms with Gasteiger partial charge in [0.2, 0.25) is 5.91 Å². The zero-order chi connectivity index (χ0) is 53.9. The zero-order valence-corrected chi connectivity index (χ0v) is 41.2. The second-order valence-electron chi connectivity index (χ2n) is 18.6. The van der Waals surface area contributed by atoms with E-state index in [1.807, 2.05) is 0 Å². The third-order valence-corrected chi connectivity index (χ3v) is 17.6. The van der Waals surface area contributed by atoms with Crippen molar-refractivity contribution in [1.29, 1.82) is 0 Å². The summed E-state index contributed by atoms with van der Waals surface area (Å²) in [5.74, 6) is -6.33. The number of sulfone groups is 1. The molecule has 0 spiro atoms. The van der Waals surface area contributed by atoms with E-state index in [1.165, 1.54) is 26.0 Å². The summed E-state index contributed by atoms with van der Waals surface area (Å²) in [5, 5.41) is 7.47. The van der Waals surface area contributed by atoms with Crippen LogP contribution in [0.25, 0.3) is 22.0 Å². The molecule has 2 fully saturated rings. The maximum atomic E-state index is 15.8. The molecule has 5 heterocycles. The average molecular weight is 1090 g/mol. The minimum Gasteiger partial charge on any atom is -0.346 e. The lowest BCUT2D eigenvalue weighted by molar-refractivity contribution is -0.143. The van der Waals surface area contributed by atoms with Gasteiger partial charge in [0.05, 0.1) is 27.7 Å². The van der Waals surface area contributed by atoms with Gasteiger partial charge in [0, 0.05) is 47.5 Å². The van der Waals surface area contributed by atoms with Crippen LogP contribution in [0.1, 0.15) is 86.4 Å². The second-order valence-corrected chi connectivity index (χ2v) is 23.5. The highest BCUT2D eigenvalue weighted by Crippen LogP contribution is 2.55. The number of sulfonamides is 1. The lowest BCUT2D eigenvalue weighted by Gasteiger charge is -2.24. The van der Waals surface area contributed by atoms with E-state index in [-0.39, 0.29) is 50.8 Å². The monoisotopic (exact) mass is 1090 g/mol. The van der Waals surface area contributed by atoms with Crippen LogP contribution in [0, 0.1) is 29.4 Å². The first kappa shape index (κ1) is 53.3. The van der Waals surface area contributed by atoms with Gasteiger partial charge >= 0.3 is 18.4 Å². The van der Waals surface area contributed by atoms with E-state index in [0.717, 1.165) is 49.3 Å². The molecule has 2 aromatic carbocycles. The van der Waals surface area contributed by atoms with Gasteiger partial charge < -0.3 is 16.0 Å². The number of fused-ring (bicyclic) bond motifs is 3. The van der Waals surface area contributed by atoms with Crippen LogP contribution in [-0.2, 0) is 56.3 Å². The topological polar surface area (TPSA) is 195 Å². The molecule has 3 aliphatic rings. The molecule has 1 unspecified atom stereocenters. The second kappa shape index (κ2) is 18.1. The van der Waals surface area contributed by atoms with Crippen molar-refractivity contribution in [3.05, 3.63) is 93.0 Å². The van der Waals surface area contributed by atoms with Crippen molar-refractivity contribution in [1.82, 2.24) is 34.8 Å². The number of amides is 3. The van der Waals surface area contributed by atoms with Gasteiger partial charge in [-0.15, -0.1) is 0 Å². The van der Waals surface area contributed by atoms with Crippen LogP contribution in [-0.4, -0.2) is 93.4 Å². The number of nitrogens with zero attached hydrogens (tertiary/aromatic N) is 7. The minimum atomic E-state index is -5.26. The van der Waals surface area contributed by atoms with Crippen molar-refractivity contribution in [2.75, 3.05) is 17.1 Å². The van der Waals surface area contributed by atoms with Gasteiger partial charge in [0.25, 0.3) is 15.9 Å². The van der Waals surface area contributed by atoms with E-state index in [2.05, 4.69) is 32.3 Å². The Kier molecular flexibility index (Phi) is 13.3. The fraction of sp³-hybridized carbons (Fsp3) is 0.444. The van der Waals surface area contributed by atoms with E-state index in [4.69, 9.17) is 17.3 Å². The summed E-state index contributed by atoms with van der Waals surface area (Å²) in [4.78, 5) is 33.8. The van der Waals surface area contributed by atoms with Gasteiger partial charge in [-0.05, 0) is 80.8 Å². The Bertz CT molecular complexity index is 3390. The molecular weight excluding hydrogens is 1050 g/mol. The maximum absolute atomic E-state index is 15.8. The molecule has 28 heteroatoms. The predicted octanol–water partition coefficient (Wildman–Crippen LogP) is 7.95. The summed E-state index contributed by atoms with van der Waals surface area (Å²) in [5.41, 5.74) is -0.0243. The number of urea groups is 1. The number of alkyl halides is 8. The number of pyridine rings is 1. The number of hydrogen-bond acceptors (Lipinski definition) is 10. The van der Waals surface area contributed by atoms with Gasteiger partial charge in [-0.25, -0.2) is 35.4 Å². The van der Waals surface area contributed by atoms with E-state index in [9.17, 15) is 61.5 Å². The third-order valence-electron chi connectivity index (χ3n) is 13.4. The number of benzene rings is 2.